The Morgan fingerprint density at radius 2 is 1.63 bits per heavy atom. The standard InChI is InChI=1S/C15H12N2.C2H6/c1-11-13(7-4-8-17-11)15-10-16-9-12-5-2-3-6-14(12)15;1-2/h2-10H,1H3;1-2H3. The zero-order valence-electron chi connectivity index (χ0n) is 11.6. The highest BCUT2D eigenvalue weighted by Crippen LogP contribution is 2.28. The molecule has 3 aromatic rings. The Labute approximate surface area is 114 Å². The van der Waals surface area contributed by atoms with Gasteiger partial charge in [0, 0.05) is 40.8 Å². The molecule has 0 aliphatic carbocycles. The van der Waals surface area contributed by atoms with Gasteiger partial charge in [0.1, 0.15) is 0 Å². The lowest BCUT2D eigenvalue weighted by atomic mass is 10.0. The van der Waals surface area contributed by atoms with Gasteiger partial charge in [0.15, 0.2) is 0 Å². The third-order valence-corrected chi connectivity index (χ3v) is 2.97. The van der Waals surface area contributed by atoms with Crippen LogP contribution in [0, 0.1) is 6.92 Å². The number of rotatable bonds is 1. The second-order valence-electron chi connectivity index (χ2n) is 4.04. The first kappa shape index (κ1) is 13.2. The number of aromatic nitrogens is 2. The third kappa shape index (κ3) is 2.63. The first-order chi connectivity index (χ1) is 9.36. The van der Waals surface area contributed by atoms with Gasteiger partial charge in [0.25, 0.3) is 0 Å². The van der Waals surface area contributed by atoms with E-state index in [1.807, 2.05) is 51.5 Å². The van der Waals surface area contributed by atoms with Gasteiger partial charge in [0.05, 0.1) is 0 Å². The van der Waals surface area contributed by atoms with Crippen molar-refractivity contribution in [2.75, 3.05) is 0 Å². The van der Waals surface area contributed by atoms with E-state index >= 15 is 0 Å². The quantitative estimate of drug-likeness (QED) is 0.629. The molecule has 0 N–H and O–H groups in total. The van der Waals surface area contributed by atoms with Gasteiger partial charge < -0.3 is 0 Å². The van der Waals surface area contributed by atoms with Gasteiger partial charge in [-0.2, -0.15) is 0 Å². The van der Waals surface area contributed by atoms with E-state index in [0.717, 1.165) is 22.2 Å². The average molecular weight is 250 g/mol. The summed E-state index contributed by atoms with van der Waals surface area (Å²) in [6.45, 7) is 6.02. The van der Waals surface area contributed by atoms with Gasteiger partial charge in [-0.3, -0.25) is 9.97 Å². The predicted molar refractivity (Wildman–Crippen MR) is 81.1 cm³/mol. The van der Waals surface area contributed by atoms with Crippen molar-refractivity contribution < 1.29 is 0 Å². The predicted octanol–water partition coefficient (Wildman–Crippen LogP) is 4.63. The zero-order valence-corrected chi connectivity index (χ0v) is 11.6. The van der Waals surface area contributed by atoms with Crippen LogP contribution in [0.4, 0.5) is 0 Å². The minimum Gasteiger partial charge on any atom is -0.263 e. The summed E-state index contributed by atoms with van der Waals surface area (Å²) >= 11 is 0. The van der Waals surface area contributed by atoms with Crippen LogP contribution in [0.1, 0.15) is 19.5 Å². The first-order valence-corrected chi connectivity index (χ1v) is 6.61. The number of benzene rings is 1. The van der Waals surface area contributed by atoms with Crippen LogP contribution in [0.2, 0.25) is 0 Å². The largest absolute Gasteiger partial charge is 0.263 e. The summed E-state index contributed by atoms with van der Waals surface area (Å²) in [6.07, 6.45) is 5.62. The molecule has 0 fully saturated rings. The Morgan fingerprint density at radius 3 is 2.42 bits per heavy atom. The van der Waals surface area contributed by atoms with E-state index in [4.69, 9.17) is 0 Å². The van der Waals surface area contributed by atoms with Gasteiger partial charge in [-0.05, 0) is 18.4 Å². The van der Waals surface area contributed by atoms with Crippen LogP contribution >= 0.6 is 0 Å². The average Bonchev–Trinajstić information content (AvgIpc) is 2.49. The Kier molecular flexibility index (Phi) is 4.24. The summed E-state index contributed by atoms with van der Waals surface area (Å²) in [4.78, 5) is 8.64. The summed E-state index contributed by atoms with van der Waals surface area (Å²) < 4.78 is 0. The van der Waals surface area contributed by atoms with Crippen molar-refractivity contribution in [1.82, 2.24) is 9.97 Å². The highest BCUT2D eigenvalue weighted by Gasteiger charge is 2.06. The molecule has 2 aromatic heterocycles. The molecule has 0 aliphatic rings. The summed E-state index contributed by atoms with van der Waals surface area (Å²) in [5, 5.41) is 2.38. The van der Waals surface area contributed by atoms with E-state index in [1.54, 1.807) is 0 Å². The van der Waals surface area contributed by atoms with Crippen molar-refractivity contribution in [2.24, 2.45) is 0 Å². The molecule has 2 heteroatoms. The van der Waals surface area contributed by atoms with Crippen LogP contribution in [0.15, 0.2) is 55.0 Å². The van der Waals surface area contributed by atoms with Crippen molar-refractivity contribution in [2.45, 2.75) is 20.8 Å². The molecule has 0 aliphatic heterocycles. The second kappa shape index (κ2) is 6.10. The Bertz CT molecular complexity index is 669. The fourth-order valence-corrected chi connectivity index (χ4v) is 2.10. The minimum atomic E-state index is 1.03. The van der Waals surface area contributed by atoms with E-state index in [2.05, 4.69) is 34.2 Å². The van der Waals surface area contributed by atoms with Crippen LogP contribution in [-0.4, -0.2) is 9.97 Å². The van der Waals surface area contributed by atoms with Gasteiger partial charge in [0.2, 0.25) is 0 Å². The SMILES string of the molecule is CC.Cc1ncccc1-c1cncc2ccccc12. The normalized spacial score (nSPS) is 9.84. The lowest BCUT2D eigenvalue weighted by Crippen LogP contribution is -1.89. The molecule has 0 amide bonds. The van der Waals surface area contributed by atoms with Crippen LogP contribution in [0.3, 0.4) is 0 Å². The Balaban J connectivity index is 0.000000637. The highest BCUT2D eigenvalue weighted by atomic mass is 14.7. The molecule has 2 heterocycles. The van der Waals surface area contributed by atoms with Crippen LogP contribution in [-0.2, 0) is 0 Å². The van der Waals surface area contributed by atoms with E-state index < -0.39 is 0 Å². The Morgan fingerprint density at radius 1 is 0.842 bits per heavy atom. The van der Waals surface area contributed by atoms with Crippen molar-refractivity contribution in [3.63, 3.8) is 0 Å². The molecule has 0 saturated carbocycles. The molecule has 0 saturated heterocycles. The summed E-state index contributed by atoms with van der Waals surface area (Å²) in [7, 11) is 0. The third-order valence-electron chi connectivity index (χ3n) is 2.97. The van der Waals surface area contributed by atoms with Crippen molar-refractivity contribution in [3.05, 3.63) is 60.7 Å². The van der Waals surface area contributed by atoms with Crippen molar-refractivity contribution >= 4 is 10.8 Å². The Hall–Kier alpha value is -2.22. The summed E-state index contributed by atoms with van der Waals surface area (Å²) in [5.74, 6) is 0. The zero-order chi connectivity index (χ0) is 13.7. The topological polar surface area (TPSA) is 25.8 Å². The number of hydrogen-bond donors (Lipinski definition) is 0. The van der Waals surface area contributed by atoms with Gasteiger partial charge in [-0.1, -0.05) is 44.2 Å². The lowest BCUT2D eigenvalue weighted by molar-refractivity contribution is 1.20. The molecule has 0 unspecified atom stereocenters. The smallest absolute Gasteiger partial charge is 0.0451 e. The van der Waals surface area contributed by atoms with Gasteiger partial charge >= 0.3 is 0 Å². The summed E-state index contributed by atoms with van der Waals surface area (Å²) in [6, 6.07) is 12.3. The molecule has 96 valence electrons. The fraction of sp³-hybridized carbons (Fsp3) is 0.176. The number of aryl methyl sites for hydroxylation is 1. The number of fused-ring (bicyclic) bond motifs is 1. The maximum atomic E-state index is 4.33. The van der Waals surface area contributed by atoms with E-state index in [9.17, 15) is 0 Å². The molecular weight excluding hydrogens is 232 g/mol. The number of pyridine rings is 2. The lowest BCUT2D eigenvalue weighted by Gasteiger charge is -2.07. The van der Waals surface area contributed by atoms with E-state index in [1.165, 1.54) is 5.39 Å². The molecule has 0 spiro atoms. The van der Waals surface area contributed by atoms with Crippen molar-refractivity contribution in [1.29, 1.82) is 0 Å². The van der Waals surface area contributed by atoms with Crippen LogP contribution < -0.4 is 0 Å². The summed E-state index contributed by atoms with van der Waals surface area (Å²) in [5.41, 5.74) is 3.33. The van der Waals surface area contributed by atoms with E-state index in [0.29, 0.717) is 0 Å². The molecule has 0 atom stereocenters. The second-order valence-corrected chi connectivity index (χ2v) is 4.04. The maximum Gasteiger partial charge on any atom is 0.0451 e. The van der Waals surface area contributed by atoms with Crippen LogP contribution in [0.5, 0.6) is 0 Å². The van der Waals surface area contributed by atoms with Gasteiger partial charge in [-0.25, -0.2) is 0 Å². The maximum absolute atomic E-state index is 4.33. The molecule has 0 radical (unpaired) electrons. The molecular formula is C17H18N2. The fourth-order valence-electron chi connectivity index (χ4n) is 2.10. The molecule has 1 aromatic carbocycles. The number of nitrogens with zero attached hydrogens (tertiary/aromatic N) is 2. The number of hydrogen-bond acceptors (Lipinski definition) is 2. The first-order valence-electron chi connectivity index (χ1n) is 6.61. The monoisotopic (exact) mass is 250 g/mol. The molecule has 3 rings (SSSR count). The minimum absolute atomic E-state index is 1.03. The molecule has 0 bridgehead atoms. The molecule has 2 nitrogen and oxygen atoms in total. The van der Waals surface area contributed by atoms with E-state index in [-0.39, 0.29) is 0 Å². The van der Waals surface area contributed by atoms with Crippen LogP contribution in [0.25, 0.3) is 21.9 Å². The molecule has 19 heavy (non-hydrogen) atoms. The van der Waals surface area contributed by atoms with Gasteiger partial charge in [-0.15, -0.1) is 0 Å². The highest BCUT2D eigenvalue weighted by molar-refractivity contribution is 5.96. The van der Waals surface area contributed by atoms with Crippen molar-refractivity contribution in [3.8, 4) is 11.1 Å².